The van der Waals surface area contributed by atoms with Gasteiger partial charge in [-0.2, -0.15) is 0 Å². The van der Waals surface area contributed by atoms with Gasteiger partial charge in [0.15, 0.2) is 0 Å². The number of anilines is 1. The number of nitrogens with zero attached hydrogens (tertiary/aromatic N) is 3. The molecule has 128 valence electrons. The van der Waals surface area contributed by atoms with E-state index in [1.54, 1.807) is 7.05 Å². The molecule has 0 saturated heterocycles. The Balaban J connectivity index is 2.40. The van der Waals surface area contributed by atoms with Gasteiger partial charge in [-0.05, 0) is 24.6 Å². The maximum atomic E-state index is 12.1. The van der Waals surface area contributed by atoms with Gasteiger partial charge in [-0.15, -0.1) is 0 Å². The Morgan fingerprint density at radius 2 is 1.88 bits per heavy atom. The number of hydrogen-bond acceptors (Lipinski definition) is 4. The Morgan fingerprint density at radius 3 is 2.50 bits per heavy atom. The molecule has 0 aliphatic carbocycles. The standard InChI is InChI=1S/C17H22N4O3/c1-12-5-4-6-13(9-12)21(8-7-15(18)22)11-14-10-16(23)20(3)17(24)19(14)2/h4-6,9-10H,7-8,11H2,1-3H3,(H2,18,22). The van der Waals surface area contributed by atoms with Gasteiger partial charge in [0.1, 0.15) is 0 Å². The summed E-state index contributed by atoms with van der Waals surface area (Å²) in [7, 11) is 3.07. The second-order valence-electron chi connectivity index (χ2n) is 5.85. The van der Waals surface area contributed by atoms with Crippen molar-refractivity contribution in [2.45, 2.75) is 19.9 Å². The molecule has 0 spiro atoms. The van der Waals surface area contributed by atoms with Crippen LogP contribution in [0.4, 0.5) is 5.69 Å². The van der Waals surface area contributed by atoms with Crippen LogP contribution in [0.25, 0.3) is 0 Å². The minimum absolute atomic E-state index is 0.187. The molecule has 7 nitrogen and oxygen atoms in total. The third-order valence-electron chi connectivity index (χ3n) is 3.97. The van der Waals surface area contributed by atoms with Crippen molar-refractivity contribution in [1.29, 1.82) is 0 Å². The monoisotopic (exact) mass is 330 g/mol. The van der Waals surface area contributed by atoms with Gasteiger partial charge in [-0.25, -0.2) is 4.79 Å². The van der Waals surface area contributed by atoms with Crippen LogP contribution in [-0.4, -0.2) is 21.6 Å². The summed E-state index contributed by atoms with van der Waals surface area (Å²) in [4.78, 5) is 37.1. The molecule has 24 heavy (non-hydrogen) atoms. The number of aromatic nitrogens is 2. The van der Waals surface area contributed by atoms with Crippen molar-refractivity contribution < 1.29 is 4.79 Å². The van der Waals surface area contributed by atoms with Crippen LogP contribution >= 0.6 is 0 Å². The second-order valence-corrected chi connectivity index (χ2v) is 5.85. The Labute approximate surface area is 139 Å². The molecule has 0 bridgehead atoms. The van der Waals surface area contributed by atoms with Crippen LogP contribution in [0.2, 0.25) is 0 Å². The van der Waals surface area contributed by atoms with Gasteiger partial charge in [0.2, 0.25) is 5.91 Å². The SMILES string of the molecule is Cc1cccc(N(CCC(N)=O)Cc2cc(=O)n(C)c(=O)n2C)c1. The zero-order chi connectivity index (χ0) is 17.9. The highest BCUT2D eigenvalue weighted by Crippen LogP contribution is 2.18. The van der Waals surface area contributed by atoms with Crippen LogP contribution in [0.3, 0.4) is 0 Å². The molecular formula is C17H22N4O3. The summed E-state index contributed by atoms with van der Waals surface area (Å²) >= 11 is 0. The third kappa shape index (κ3) is 3.92. The Bertz CT molecular complexity index is 867. The van der Waals surface area contributed by atoms with E-state index >= 15 is 0 Å². The lowest BCUT2D eigenvalue weighted by Gasteiger charge is -2.25. The number of rotatable bonds is 6. The van der Waals surface area contributed by atoms with E-state index in [4.69, 9.17) is 5.73 Å². The van der Waals surface area contributed by atoms with E-state index in [2.05, 4.69) is 0 Å². The summed E-state index contributed by atoms with van der Waals surface area (Å²) in [5, 5.41) is 0. The molecule has 2 aromatic rings. The van der Waals surface area contributed by atoms with Crippen LogP contribution in [0.5, 0.6) is 0 Å². The second kappa shape index (κ2) is 7.16. The van der Waals surface area contributed by atoms with E-state index in [1.807, 2.05) is 36.1 Å². The molecule has 0 radical (unpaired) electrons. The molecule has 0 aliphatic heterocycles. The van der Waals surface area contributed by atoms with Gasteiger partial charge >= 0.3 is 5.69 Å². The number of nitrogens with two attached hydrogens (primary N) is 1. The summed E-state index contributed by atoms with van der Waals surface area (Å²) in [6.07, 6.45) is 0.187. The molecule has 0 fully saturated rings. The van der Waals surface area contributed by atoms with Gasteiger partial charge < -0.3 is 10.6 Å². The minimum Gasteiger partial charge on any atom is -0.370 e. The van der Waals surface area contributed by atoms with Crippen molar-refractivity contribution >= 4 is 11.6 Å². The first kappa shape index (κ1) is 17.5. The number of primary amides is 1. The highest BCUT2D eigenvalue weighted by atomic mass is 16.2. The first-order valence-electron chi connectivity index (χ1n) is 7.65. The average molecular weight is 330 g/mol. The molecule has 1 amide bonds. The highest BCUT2D eigenvalue weighted by molar-refractivity contribution is 5.74. The first-order valence-corrected chi connectivity index (χ1v) is 7.65. The summed E-state index contributed by atoms with van der Waals surface area (Å²) < 4.78 is 2.50. The van der Waals surface area contributed by atoms with Crippen molar-refractivity contribution in [1.82, 2.24) is 9.13 Å². The van der Waals surface area contributed by atoms with Gasteiger partial charge in [0.25, 0.3) is 5.56 Å². The van der Waals surface area contributed by atoms with Crippen molar-refractivity contribution in [3.8, 4) is 0 Å². The third-order valence-corrected chi connectivity index (χ3v) is 3.97. The molecule has 1 aromatic heterocycles. The predicted molar refractivity (Wildman–Crippen MR) is 93.0 cm³/mol. The fourth-order valence-electron chi connectivity index (χ4n) is 2.49. The van der Waals surface area contributed by atoms with Crippen molar-refractivity contribution in [3.05, 3.63) is 62.4 Å². The van der Waals surface area contributed by atoms with Gasteiger partial charge in [-0.3, -0.25) is 18.7 Å². The fourth-order valence-corrected chi connectivity index (χ4v) is 2.49. The van der Waals surface area contributed by atoms with E-state index in [0.29, 0.717) is 18.8 Å². The normalized spacial score (nSPS) is 10.6. The van der Waals surface area contributed by atoms with Crippen LogP contribution in [-0.2, 0) is 25.4 Å². The zero-order valence-electron chi connectivity index (χ0n) is 14.2. The van der Waals surface area contributed by atoms with E-state index < -0.39 is 5.91 Å². The predicted octanol–water partition coefficient (Wildman–Crippen LogP) is 0.274. The van der Waals surface area contributed by atoms with Crippen molar-refractivity contribution in [2.75, 3.05) is 11.4 Å². The maximum Gasteiger partial charge on any atom is 0.330 e. The number of aryl methyl sites for hydroxylation is 1. The summed E-state index contributed by atoms with van der Waals surface area (Å²) in [5.41, 5.74) is 7.10. The number of hydrogen-bond donors (Lipinski definition) is 1. The van der Waals surface area contributed by atoms with E-state index in [0.717, 1.165) is 15.8 Å². The molecule has 2 N–H and O–H groups in total. The molecule has 1 aromatic carbocycles. The van der Waals surface area contributed by atoms with Gasteiger partial charge in [0.05, 0.1) is 6.54 Å². The van der Waals surface area contributed by atoms with E-state index in [1.165, 1.54) is 17.7 Å². The van der Waals surface area contributed by atoms with Crippen molar-refractivity contribution in [3.63, 3.8) is 0 Å². The number of carbonyl (C=O) groups is 1. The number of amides is 1. The van der Waals surface area contributed by atoms with Crippen molar-refractivity contribution in [2.24, 2.45) is 19.8 Å². The van der Waals surface area contributed by atoms with Crippen LogP contribution < -0.4 is 21.9 Å². The summed E-state index contributed by atoms with van der Waals surface area (Å²) in [6.45, 7) is 2.71. The molecule has 0 atom stereocenters. The first-order chi connectivity index (χ1) is 11.3. The largest absolute Gasteiger partial charge is 0.370 e. The zero-order valence-corrected chi connectivity index (χ0v) is 14.2. The quantitative estimate of drug-likeness (QED) is 0.823. The lowest BCUT2D eigenvalue weighted by molar-refractivity contribution is -0.117. The summed E-state index contributed by atoms with van der Waals surface area (Å²) in [6, 6.07) is 9.25. The average Bonchev–Trinajstić information content (AvgIpc) is 2.53. The molecule has 0 aliphatic rings. The smallest absolute Gasteiger partial charge is 0.330 e. The lowest BCUT2D eigenvalue weighted by atomic mass is 10.2. The van der Waals surface area contributed by atoms with Crippen LogP contribution in [0.15, 0.2) is 39.9 Å². The molecule has 2 rings (SSSR count). The summed E-state index contributed by atoms with van der Waals surface area (Å²) in [5.74, 6) is -0.398. The van der Waals surface area contributed by atoms with Gasteiger partial charge in [0, 0.05) is 44.5 Å². The molecular weight excluding hydrogens is 308 g/mol. The number of benzene rings is 1. The number of carbonyl (C=O) groups excluding carboxylic acids is 1. The van der Waals surface area contributed by atoms with E-state index in [9.17, 15) is 14.4 Å². The molecule has 0 saturated carbocycles. The van der Waals surface area contributed by atoms with Crippen LogP contribution in [0, 0.1) is 6.92 Å². The maximum absolute atomic E-state index is 12.1. The topological polar surface area (TPSA) is 90.3 Å². The minimum atomic E-state index is -0.398. The molecule has 7 heteroatoms. The lowest BCUT2D eigenvalue weighted by Crippen LogP contribution is -2.40. The molecule has 1 heterocycles. The van der Waals surface area contributed by atoms with Crippen LogP contribution in [0.1, 0.15) is 17.7 Å². The highest BCUT2D eigenvalue weighted by Gasteiger charge is 2.13. The Kier molecular flexibility index (Phi) is 5.23. The Hall–Kier alpha value is -2.83. The fraction of sp³-hybridized carbons (Fsp3) is 0.353. The Morgan fingerprint density at radius 1 is 1.17 bits per heavy atom. The molecule has 0 unspecified atom stereocenters. The van der Waals surface area contributed by atoms with E-state index in [-0.39, 0.29) is 17.7 Å². The van der Waals surface area contributed by atoms with Gasteiger partial charge in [-0.1, -0.05) is 12.1 Å².